The molecule has 5 N–H and O–H groups in total. The minimum absolute atomic E-state index is 0.0511. The Balaban J connectivity index is 0.000000291. The van der Waals surface area contributed by atoms with Crippen molar-refractivity contribution in [2.75, 3.05) is 40.8 Å². The number of β-amino-alcohol motifs (C(OH)–C–C–N with tert-alkyl or cyclic N) is 1. The number of nitrogens with one attached hydrogen (secondary N) is 1. The zero-order valence-corrected chi connectivity index (χ0v) is 22.3. The number of aliphatic hydroxyl groups is 2. The molecule has 0 radical (unpaired) electrons. The standard InChI is InChI=1S/C12H19NO3.C7H8N4O2.C5H14NO/c1-12(2,3)13-7-11(16)8-4-9(14)6-10(15)5-8;1-10-5-4(8-3-9-5)6(12)11(2)7(10)13;1-6(2,3)4-5-7/h4-6,11,13-16H,7H2,1-3H3;3,12H,1-2H3;7H,4-5H2,1-3H3/q;;+1/p-1. The highest BCUT2D eigenvalue weighted by atomic mass is 16.3. The summed E-state index contributed by atoms with van der Waals surface area (Å²) in [5, 5.41) is 51.3. The topological polar surface area (TPSA) is 169 Å². The normalized spacial score (nSPS) is 12.4. The number of aliphatic hydroxyl groups excluding tert-OH is 2. The van der Waals surface area contributed by atoms with E-state index in [1.165, 1.54) is 36.1 Å². The zero-order chi connectivity index (χ0) is 27.8. The Hall–Kier alpha value is -3.19. The number of phenols is 2. The van der Waals surface area contributed by atoms with E-state index in [-0.39, 0.29) is 29.3 Å². The van der Waals surface area contributed by atoms with Crippen LogP contribution in [0.25, 0.3) is 11.5 Å². The van der Waals surface area contributed by atoms with E-state index in [2.05, 4.69) is 36.4 Å². The van der Waals surface area contributed by atoms with Crippen molar-refractivity contribution in [3.8, 4) is 28.9 Å². The van der Waals surface area contributed by atoms with Crippen LogP contribution in [-0.2, 0) is 14.1 Å². The summed E-state index contributed by atoms with van der Waals surface area (Å²) in [5.74, 6) is -0.182. The number of hydrogen-bond donors (Lipinski definition) is 5. The number of quaternary nitrogens is 1. The second kappa shape index (κ2) is 12.7. The third kappa shape index (κ3) is 9.82. The van der Waals surface area contributed by atoms with Crippen LogP contribution >= 0.6 is 0 Å². The van der Waals surface area contributed by atoms with Crippen molar-refractivity contribution in [1.82, 2.24) is 24.4 Å². The molecule has 2 aliphatic rings. The van der Waals surface area contributed by atoms with Crippen LogP contribution in [0.2, 0.25) is 0 Å². The highest BCUT2D eigenvalue weighted by molar-refractivity contribution is 5.56. The monoisotopic (exact) mass is 508 g/mol. The summed E-state index contributed by atoms with van der Waals surface area (Å²) < 4.78 is 3.15. The van der Waals surface area contributed by atoms with Crippen LogP contribution in [0.4, 0.5) is 0 Å². The van der Waals surface area contributed by atoms with Gasteiger partial charge >= 0.3 is 5.69 Å². The first-order valence-electron chi connectivity index (χ1n) is 11.4. The molecule has 202 valence electrons. The van der Waals surface area contributed by atoms with Gasteiger partial charge in [0.1, 0.15) is 30.1 Å². The summed E-state index contributed by atoms with van der Waals surface area (Å²) in [6.45, 7) is 7.48. The number of benzene rings is 1. The largest absolute Gasteiger partial charge is 0.858 e. The second-order valence-electron chi connectivity index (χ2n) is 10.4. The molecule has 12 heteroatoms. The molecule has 1 aromatic rings. The number of aromatic hydroxyl groups is 2. The van der Waals surface area contributed by atoms with Crippen molar-refractivity contribution in [2.45, 2.75) is 32.4 Å². The summed E-state index contributed by atoms with van der Waals surface area (Å²) in [6, 6.07) is 4.11. The number of imidazole rings is 1. The van der Waals surface area contributed by atoms with Crippen molar-refractivity contribution in [3.63, 3.8) is 0 Å². The average Bonchev–Trinajstić information content (AvgIpc) is 3.24. The number of hydrogen-bond acceptors (Lipinski definition) is 9. The van der Waals surface area contributed by atoms with Gasteiger partial charge in [-0.25, -0.2) is 14.8 Å². The van der Waals surface area contributed by atoms with E-state index < -0.39 is 17.7 Å². The van der Waals surface area contributed by atoms with Crippen molar-refractivity contribution < 1.29 is 30.0 Å². The Morgan fingerprint density at radius 1 is 1.06 bits per heavy atom. The molecule has 1 atom stereocenters. The molecule has 1 unspecified atom stereocenters. The van der Waals surface area contributed by atoms with Gasteiger partial charge in [0.2, 0.25) is 0 Å². The lowest BCUT2D eigenvalue weighted by atomic mass is 10.1. The molecule has 0 spiro atoms. The van der Waals surface area contributed by atoms with Gasteiger partial charge in [-0.3, -0.25) is 4.57 Å². The molecule has 36 heavy (non-hydrogen) atoms. The van der Waals surface area contributed by atoms with Gasteiger partial charge in [0.25, 0.3) is 0 Å². The van der Waals surface area contributed by atoms with Crippen LogP contribution in [0, 0.1) is 0 Å². The molecule has 0 amide bonds. The predicted octanol–water partition coefficient (Wildman–Crippen LogP) is -0.104. The smallest absolute Gasteiger partial charge is 0.328 e. The van der Waals surface area contributed by atoms with Gasteiger partial charge in [0.05, 0.1) is 33.9 Å². The third-order valence-corrected chi connectivity index (χ3v) is 4.88. The Morgan fingerprint density at radius 2 is 1.61 bits per heavy atom. The molecule has 0 saturated heterocycles. The van der Waals surface area contributed by atoms with Crippen molar-refractivity contribution in [1.29, 1.82) is 0 Å². The van der Waals surface area contributed by atoms with Crippen LogP contribution < -0.4 is 16.1 Å². The van der Waals surface area contributed by atoms with Gasteiger partial charge in [-0.05, 0) is 44.3 Å². The van der Waals surface area contributed by atoms with Gasteiger partial charge in [-0.15, -0.1) is 0 Å². The second-order valence-corrected chi connectivity index (χ2v) is 10.4. The third-order valence-electron chi connectivity index (χ3n) is 4.88. The lowest BCUT2D eigenvalue weighted by Crippen LogP contribution is -2.38. The first-order valence-corrected chi connectivity index (χ1v) is 11.4. The molecule has 2 heterocycles. The van der Waals surface area contributed by atoms with E-state index in [4.69, 9.17) is 5.11 Å². The van der Waals surface area contributed by atoms with Crippen LogP contribution in [0.15, 0.2) is 29.3 Å². The SMILES string of the molecule is CC(C)(C)NCC(O)c1cc(O)cc(O)c1.C[N+](C)(C)CCO.Cn1c2ncnc-2c([O-])n(C)c1=O. The number of nitrogens with zero attached hydrogens (tertiary/aromatic N) is 5. The summed E-state index contributed by atoms with van der Waals surface area (Å²) in [6.07, 6.45) is 0.517. The minimum Gasteiger partial charge on any atom is -0.858 e. The first-order chi connectivity index (χ1) is 16.5. The van der Waals surface area contributed by atoms with Crippen molar-refractivity contribution in [2.24, 2.45) is 14.1 Å². The van der Waals surface area contributed by atoms with E-state index >= 15 is 0 Å². The molecular weight excluding hydrogens is 468 g/mol. The van der Waals surface area contributed by atoms with Gasteiger partial charge in [0.15, 0.2) is 5.82 Å². The van der Waals surface area contributed by atoms with Crippen molar-refractivity contribution in [3.05, 3.63) is 40.6 Å². The highest BCUT2D eigenvalue weighted by Crippen LogP contribution is 2.25. The average molecular weight is 509 g/mol. The Kier molecular flexibility index (Phi) is 10.9. The molecule has 0 bridgehead atoms. The van der Waals surface area contributed by atoms with E-state index in [9.17, 15) is 25.2 Å². The fourth-order valence-corrected chi connectivity index (χ4v) is 2.85. The minimum atomic E-state index is -0.753. The van der Waals surface area contributed by atoms with Crippen LogP contribution in [0.3, 0.4) is 0 Å². The lowest BCUT2D eigenvalue weighted by Gasteiger charge is -2.23. The summed E-state index contributed by atoms with van der Waals surface area (Å²) >= 11 is 0. The Labute approximate surface area is 211 Å². The van der Waals surface area contributed by atoms with Gasteiger partial charge in [0, 0.05) is 32.2 Å². The Morgan fingerprint density at radius 3 is 2.06 bits per heavy atom. The number of likely N-dealkylation sites (N-methyl/N-ethyl adjacent to an activating group) is 1. The maximum Gasteiger partial charge on any atom is 0.328 e. The predicted molar refractivity (Wildman–Crippen MR) is 135 cm³/mol. The number of fused-ring (bicyclic) bond motifs is 1. The number of aromatic nitrogens is 4. The van der Waals surface area contributed by atoms with E-state index in [1.807, 2.05) is 20.8 Å². The van der Waals surface area contributed by atoms with Gasteiger partial charge in [-0.2, -0.15) is 0 Å². The van der Waals surface area contributed by atoms with E-state index in [0.717, 1.165) is 15.6 Å². The van der Waals surface area contributed by atoms with Crippen LogP contribution in [0.5, 0.6) is 17.4 Å². The molecule has 12 nitrogen and oxygen atoms in total. The fraction of sp³-hybridized carbons (Fsp3) is 0.542. The summed E-state index contributed by atoms with van der Waals surface area (Å²) in [5.41, 5.74) is 0.247. The molecule has 0 fully saturated rings. The highest BCUT2D eigenvalue weighted by Gasteiger charge is 2.15. The van der Waals surface area contributed by atoms with Gasteiger partial charge in [-0.1, -0.05) is 0 Å². The molecule has 0 saturated carbocycles. The maximum atomic E-state index is 11.4. The van der Waals surface area contributed by atoms with E-state index in [0.29, 0.717) is 17.9 Å². The molecule has 1 aromatic carbocycles. The quantitative estimate of drug-likeness (QED) is 0.295. The molecule has 2 aliphatic heterocycles. The van der Waals surface area contributed by atoms with Crippen molar-refractivity contribution >= 4 is 0 Å². The zero-order valence-electron chi connectivity index (χ0n) is 22.3. The molecule has 0 aromatic heterocycles. The first kappa shape index (κ1) is 30.8. The summed E-state index contributed by atoms with van der Waals surface area (Å²) in [4.78, 5) is 19.0. The number of rotatable bonds is 5. The van der Waals surface area contributed by atoms with Gasteiger partial charge < -0.3 is 39.9 Å². The molecular formula is C24H40N6O6. The lowest BCUT2D eigenvalue weighted by molar-refractivity contribution is -0.870. The van der Waals surface area contributed by atoms with Crippen LogP contribution in [-0.4, -0.2) is 90.4 Å². The van der Waals surface area contributed by atoms with Crippen LogP contribution in [0.1, 0.15) is 32.4 Å². The maximum absolute atomic E-state index is 11.4. The fourth-order valence-electron chi connectivity index (χ4n) is 2.85. The molecule has 3 rings (SSSR count). The number of phenolic OH excluding ortho intramolecular Hbond substituents is 2. The molecule has 0 aliphatic carbocycles. The van der Waals surface area contributed by atoms with E-state index in [1.54, 1.807) is 7.05 Å². The summed E-state index contributed by atoms with van der Waals surface area (Å²) in [7, 11) is 9.13. The Bertz CT molecular complexity index is 1110.